The number of rotatable bonds is 3. The number of hydrogen-bond acceptors (Lipinski definition) is 4. The number of nitrogens with zero attached hydrogens (tertiary/aromatic N) is 1. The number of nitrogens with two attached hydrogens (primary N) is 1. The second kappa shape index (κ2) is 4.47. The van der Waals surface area contributed by atoms with Crippen molar-refractivity contribution >= 4 is 11.3 Å². The van der Waals surface area contributed by atoms with Crippen LogP contribution in [0.2, 0.25) is 0 Å². The van der Waals surface area contributed by atoms with Gasteiger partial charge in [-0.2, -0.15) is 0 Å². The van der Waals surface area contributed by atoms with Crippen LogP contribution in [0.3, 0.4) is 0 Å². The molecule has 1 heterocycles. The average molecular weight is 246 g/mol. The van der Waals surface area contributed by atoms with E-state index in [0.29, 0.717) is 6.61 Å². The summed E-state index contributed by atoms with van der Waals surface area (Å²) in [4.78, 5) is 4.21. The number of fused-ring (bicyclic) bond motifs is 1. The Morgan fingerprint density at radius 3 is 3.24 bits per heavy atom. The third kappa shape index (κ3) is 2.06. The molecule has 0 saturated carbocycles. The van der Waals surface area contributed by atoms with Gasteiger partial charge in [0.05, 0.1) is 11.2 Å². The molecule has 0 fully saturated rings. The summed E-state index contributed by atoms with van der Waals surface area (Å²) in [5, 5.41) is 2.01. The zero-order valence-corrected chi connectivity index (χ0v) is 10.2. The van der Waals surface area contributed by atoms with Gasteiger partial charge >= 0.3 is 0 Å². The molecule has 88 valence electrons. The maximum absolute atomic E-state index is 6.04. The SMILES string of the molecule is NC1CCc2c(OCc3cscn3)cccc21. The summed E-state index contributed by atoms with van der Waals surface area (Å²) in [5.41, 5.74) is 11.4. The van der Waals surface area contributed by atoms with Gasteiger partial charge in [-0.3, -0.25) is 0 Å². The van der Waals surface area contributed by atoms with E-state index in [4.69, 9.17) is 10.5 Å². The smallest absolute Gasteiger partial charge is 0.131 e. The highest BCUT2D eigenvalue weighted by Crippen LogP contribution is 2.35. The molecule has 17 heavy (non-hydrogen) atoms. The van der Waals surface area contributed by atoms with Crippen LogP contribution in [0.1, 0.15) is 29.3 Å². The first-order chi connectivity index (χ1) is 8.34. The van der Waals surface area contributed by atoms with Gasteiger partial charge in [0.25, 0.3) is 0 Å². The molecule has 1 atom stereocenters. The van der Waals surface area contributed by atoms with Crippen molar-refractivity contribution in [2.75, 3.05) is 0 Å². The largest absolute Gasteiger partial charge is 0.487 e. The standard InChI is InChI=1S/C13H14N2OS/c14-12-5-4-11-10(12)2-1-3-13(11)16-6-9-7-17-8-15-9/h1-3,7-8,12H,4-6,14H2. The van der Waals surface area contributed by atoms with Gasteiger partial charge in [0.2, 0.25) is 0 Å². The lowest BCUT2D eigenvalue weighted by molar-refractivity contribution is 0.299. The number of ether oxygens (including phenoxy) is 1. The van der Waals surface area contributed by atoms with Gasteiger partial charge in [-0.05, 0) is 30.0 Å². The third-order valence-electron chi connectivity index (χ3n) is 3.13. The monoisotopic (exact) mass is 246 g/mol. The summed E-state index contributed by atoms with van der Waals surface area (Å²) in [7, 11) is 0. The Labute approximate surface area is 104 Å². The number of thiazole rings is 1. The fourth-order valence-electron chi connectivity index (χ4n) is 2.25. The van der Waals surface area contributed by atoms with Crippen molar-refractivity contribution < 1.29 is 4.74 Å². The van der Waals surface area contributed by atoms with E-state index < -0.39 is 0 Å². The molecular weight excluding hydrogens is 232 g/mol. The van der Waals surface area contributed by atoms with Gasteiger partial charge in [-0.1, -0.05) is 12.1 Å². The third-order valence-corrected chi connectivity index (χ3v) is 3.77. The molecule has 4 heteroatoms. The van der Waals surface area contributed by atoms with Crippen LogP contribution < -0.4 is 10.5 Å². The zero-order chi connectivity index (χ0) is 11.7. The number of hydrogen-bond donors (Lipinski definition) is 1. The van der Waals surface area contributed by atoms with E-state index in [1.165, 1.54) is 11.1 Å². The van der Waals surface area contributed by atoms with E-state index in [9.17, 15) is 0 Å². The molecule has 3 nitrogen and oxygen atoms in total. The summed E-state index contributed by atoms with van der Waals surface area (Å²) < 4.78 is 5.83. The van der Waals surface area contributed by atoms with Crippen LogP contribution >= 0.6 is 11.3 Å². The predicted molar refractivity (Wildman–Crippen MR) is 68.1 cm³/mol. The van der Waals surface area contributed by atoms with Crippen LogP contribution in [0.4, 0.5) is 0 Å². The molecule has 0 radical (unpaired) electrons. The molecule has 0 amide bonds. The molecule has 1 aromatic carbocycles. The minimum atomic E-state index is 0.174. The Morgan fingerprint density at radius 1 is 1.47 bits per heavy atom. The molecule has 0 spiro atoms. The van der Waals surface area contributed by atoms with Crippen molar-refractivity contribution in [1.29, 1.82) is 0 Å². The van der Waals surface area contributed by atoms with Crippen molar-refractivity contribution in [3.63, 3.8) is 0 Å². The normalized spacial score (nSPS) is 18.1. The molecule has 1 aliphatic carbocycles. The molecule has 1 aromatic heterocycles. The highest BCUT2D eigenvalue weighted by atomic mass is 32.1. The summed E-state index contributed by atoms with van der Waals surface area (Å²) in [6.45, 7) is 0.537. The Hall–Kier alpha value is -1.39. The van der Waals surface area contributed by atoms with E-state index in [1.54, 1.807) is 11.3 Å². The number of benzene rings is 1. The second-order valence-electron chi connectivity index (χ2n) is 4.24. The summed E-state index contributed by atoms with van der Waals surface area (Å²) in [5.74, 6) is 0.962. The van der Waals surface area contributed by atoms with Gasteiger partial charge in [0.15, 0.2) is 0 Å². The summed E-state index contributed by atoms with van der Waals surface area (Å²) in [6.07, 6.45) is 2.04. The molecular formula is C13H14N2OS. The topological polar surface area (TPSA) is 48.1 Å². The van der Waals surface area contributed by atoms with Crippen LogP contribution in [0.5, 0.6) is 5.75 Å². The molecule has 2 N–H and O–H groups in total. The van der Waals surface area contributed by atoms with Crippen molar-refractivity contribution in [3.05, 3.63) is 45.9 Å². The molecule has 3 rings (SSSR count). The molecule has 2 aromatic rings. The van der Waals surface area contributed by atoms with Crippen LogP contribution in [-0.4, -0.2) is 4.98 Å². The predicted octanol–water partition coefficient (Wildman–Crippen LogP) is 2.67. The van der Waals surface area contributed by atoms with Gasteiger partial charge < -0.3 is 10.5 Å². The van der Waals surface area contributed by atoms with Crippen molar-refractivity contribution in [1.82, 2.24) is 4.98 Å². The maximum atomic E-state index is 6.04. The Balaban J connectivity index is 1.80. The molecule has 0 aliphatic heterocycles. The van der Waals surface area contributed by atoms with Gasteiger partial charge in [-0.25, -0.2) is 4.98 Å². The first-order valence-electron chi connectivity index (χ1n) is 5.72. The Bertz CT molecular complexity index is 510. The van der Waals surface area contributed by atoms with Gasteiger partial charge in [-0.15, -0.1) is 11.3 Å². The Kier molecular flexibility index (Phi) is 2.82. The van der Waals surface area contributed by atoms with Crippen LogP contribution in [0.15, 0.2) is 29.1 Å². The van der Waals surface area contributed by atoms with E-state index in [-0.39, 0.29) is 6.04 Å². The van der Waals surface area contributed by atoms with Crippen molar-refractivity contribution in [2.24, 2.45) is 5.73 Å². The van der Waals surface area contributed by atoms with E-state index in [1.807, 2.05) is 23.0 Å². The van der Waals surface area contributed by atoms with Gasteiger partial charge in [0.1, 0.15) is 12.4 Å². The minimum absolute atomic E-state index is 0.174. The maximum Gasteiger partial charge on any atom is 0.131 e. The molecule has 0 saturated heterocycles. The average Bonchev–Trinajstić information content (AvgIpc) is 2.97. The second-order valence-corrected chi connectivity index (χ2v) is 4.96. The molecule has 0 bridgehead atoms. The van der Waals surface area contributed by atoms with E-state index >= 15 is 0 Å². The van der Waals surface area contributed by atoms with E-state index in [2.05, 4.69) is 11.1 Å². The van der Waals surface area contributed by atoms with Crippen molar-refractivity contribution in [2.45, 2.75) is 25.5 Å². The van der Waals surface area contributed by atoms with Crippen molar-refractivity contribution in [3.8, 4) is 5.75 Å². The van der Waals surface area contributed by atoms with Crippen LogP contribution in [0, 0.1) is 0 Å². The highest BCUT2D eigenvalue weighted by molar-refractivity contribution is 7.07. The molecule has 1 unspecified atom stereocenters. The fraction of sp³-hybridized carbons (Fsp3) is 0.308. The first-order valence-corrected chi connectivity index (χ1v) is 6.66. The quantitative estimate of drug-likeness (QED) is 0.905. The lowest BCUT2D eigenvalue weighted by Crippen LogP contribution is -2.05. The lowest BCUT2D eigenvalue weighted by Gasteiger charge is -2.10. The lowest BCUT2D eigenvalue weighted by atomic mass is 10.1. The van der Waals surface area contributed by atoms with Crippen LogP contribution in [-0.2, 0) is 13.0 Å². The summed E-state index contributed by atoms with van der Waals surface area (Å²) in [6, 6.07) is 6.31. The first kappa shape index (κ1) is 10.7. The highest BCUT2D eigenvalue weighted by Gasteiger charge is 2.21. The fourth-order valence-corrected chi connectivity index (χ4v) is 2.79. The van der Waals surface area contributed by atoms with Gasteiger partial charge in [0, 0.05) is 11.4 Å². The Morgan fingerprint density at radius 2 is 2.41 bits per heavy atom. The zero-order valence-electron chi connectivity index (χ0n) is 9.43. The van der Waals surface area contributed by atoms with Crippen LogP contribution in [0.25, 0.3) is 0 Å². The minimum Gasteiger partial charge on any atom is -0.487 e. The number of aromatic nitrogens is 1. The molecule has 1 aliphatic rings. The summed E-state index contributed by atoms with van der Waals surface area (Å²) >= 11 is 1.59. The van der Waals surface area contributed by atoms with E-state index in [0.717, 1.165) is 24.3 Å².